The number of hydrogen-bond acceptors (Lipinski definition) is 4. The van der Waals surface area contributed by atoms with E-state index in [9.17, 15) is 22.4 Å². The van der Waals surface area contributed by atoms with E-state index >= 15 is 0 Å². The molecule has 0 saturated carbocycles. The molecule has 0 spiro atoms. The van der Waals surface area contributed by atoms with Crippen molar-refractivity contribution in [2.45, 2.75) is 52.6 Å². The van der Waals surface area contributed by atoms with Crippen molar-refractivity contribution in [2.75, 3.05) is 23.7 Å². The zero-order valence-electron chi connectivity index (χ0n) is 20.3. The smallest absolute Gasteiger partial charge is 0.244 e. The van der Waals surface area contributed by atoms with Gasteiger partial charge in [0.2, 0.25) is 21.8 Å². The number of halogens is 1. The Morgan fingerprint density at radius 1 is 1.06 bits per heavy atom. The number of nitrogens with one attached hydrogen (secondary N) is 1. The van der Waals surface area contributed by atoms with Gasteiger partial charge in [-0.1, -0.05) is 50.6 Å². The predicted octanol–water partition coefficient (Wildman–Crippen LogP) is 3.49. The summed E-state index contributed by atoms with van der Waals surface area (Å²) < 4.78 is 40.5. The fourth-order valence-electron chi connectivity index (χ4n) is 3.44. The van der Waals surface area contributed by atoms with Crippen molar-refractivity contribution in [3.8, 4) is 0 Å². The highest BCUT2D eigenvalue weighted by atomic mass is 32.2. The van der Waals surface area contributed by atoms with Gasteiger partial charge in [-0.05, 0) is 43.5 Å². The molecular weight excluding hydrogens is 457 g/mol. The van der Waals surface area contributed by atoms with Gasteiger partial charge in [-0.15, -0.1) is 0 Å². The van der Waals surface area contributed by atoms with Crippen LogP contribution >= 0.6 is 0 Å². The molecule has 186 valence electrons. The third kappa shape index (κ3) is 7.55. The number of carbonyl (C=O) groups is 2. The van der Waals surface area contributed by atoms with Crippen molar-refractivity contribution in [3.05, 3.63) is 65.5 Å². The minimum atomic E-state index is -3.80. The summed E-state index contributed by atoms with van der Waals surface area (Å²) in [5.74, 6) is -1.49. The zero-order chi connectivity index (χ0) is 25.3. The van der Waals surface area contributed by atoms with Crippen molar-refractivity contribution in [1.29, 1.82) is 0 Å². The lowest BCUT2D eigenvalue weighted by atomic mass is 10.1. The van der Waals surface area contributed by atoms with Gasteiger partial charge in [0.1, 0.15) is 18.4 Å². The SMILES string of the molecule is CCCCNC(=O)[C@@H](C)N(Cc1ccccc1F)C(=O)CN(c1ccc(CC)cc1)S(C)(=O)=O. The Morgan fingerprint density at radius 3 is 2.26 bits per heavy atom. The number of nitrogens with zero attached hydrogens (tertiary/aromatic N) is 2. The number of hydrogen-bond donors (Lipinski definition) is 1. The van der Waals surface area contributed by atoms with Crippen LogP contribution in [0.25, 0.3) is 0 Å². The highest BCUT2D eigenvalue weighted by Crippen LogP contribution is 2.20. The van der Waals surface area contributed by atoms with Gasteiger partial charge < -0.3 is 10.2 Å². The Bertz CT molecular complexity index is 1070. The van der Waals surface area contributed by atoms with Crippen LogP contribution in [0.15, 0.2) is 48.5 Å². The average molecular weight is 492 g/mol. The van der Waals surface area contributed by atoms with Gasteiger partial charge in [0.05, 0.1) is 11.9 Å². The zero-order valence-corrected chi connectivity index (χ0v) is 21.1. The summed E-state index contributed by atoms with van der Waals surface area (Å²) in [7, 11) is -3.80. The molecule has 2 aromatic rings. The number of rotatable bonds is 12. The van der Waals surface area contributed by atoms with Crippen LogP contribution in [0.4, 0.5) is 10.1 Å². The van der Waals surface area contributed by atoms with Gasteiger partial charge in [0, 0.05) is 18.7 Å². The molecule has 2 rings (SSSR count). The molecule has 0 aliphatic carbocycles. The van der Waals surface area contributed by atoms with Gasteiger partial charge >= 0.3 is 0 Å². The van der Waals surface area contributed by atoms with Crippen LogP contribution in [0.2, 0.25) is 0 Å². The fraction of sp³-hybridized carbons (Fsp3) is 0.440. The van der Waals surface area contributed by atoms with E-state index in [0.717, 1.165) is 35.4 Å². The number of anilines is 1. The first-order chi connectivity index (χ1) is 16.1. The average Bonchev–Trinajstić information content (AvgIpc) is 2.81. The minimum absolute atomic E-state index is 0.166. The first-order valence-electron chi connectivity index (χ1n) is 11.5. The molecule has 9 heteroatoms. The van der Waals surface area contributed by atoms with Crippen LogP contribution in [-0.2, 0) is 32.6 Å². The predicted molar refractivity (Wildman–Crippen MR) is 132 cm³/mol. The largest absolute Gasteiger partial charge is 0.354 e. The molecule has 0 fully saturated rings. The van der Waals surface area contributed by atoms with Gasteiger partial charge in [-0.2, -0.15) is 0 Å². The van der Waals surface area contributed by atoms with E-state index in [1.165, 1.54) is 23.1 Å². The van der Waals surface area contributed by atoms with Crippen molar-refractivity contribution in [1.82, 2.24) is 10.2 Å². The van der Waals surface area contributed by atoms with Gasteiger partial charge in [-0.3, -0.25) is 13.9 Å². The van der Waals surface area contributed by atoms with Crippen LogP contribution in [0.3, 0.4) is 0 Å². The first kappa shape index (κ1) is 27.3. The topological polar surface area (TPSA) is 86.8 Å². The Kier molecular flexibility index (Phi) is 10.0. The summed E-state index contributed by atoms with van der Waals surface area (Å²) in [6.45, 7) is 5.32. The van der Waals surface area contributed by atoms with E-state index in [-0.39, 0.29) is 18.0 Å². The number of aryl methyl sites for hydroxylation is 1. The lowest BCUT2D eigenvalue weighted by molar-refractivity contribution is -0.139. The van der Waals surface area contributed by atoms with Crippen molar-refractivity contribution in [3.63, 3.8) is 0 Å². The molecule has 0 aliphatic heterocycles. The second kappa shape index (κ2) is 12.5. The fourth-order valence-corrected chi connectivity index (χ4v) is 4.29. The van der Waals surface area contributed by atoms with Crippen LogP contribution in [0.1, 0.15) is 44.7 Å². The maximum atomic E-state index is 14.4. The second-order valence-electron chi connectivity index (χ2n) is 8.22. The monoisotopic (exact) mass is 491 g/mol. The quantitative estimate of drug-likeness (QED) is 0.461. The molecule has 0 bridgehead atoms. The summed E-state index contributed by atoms with van der Waals surface area (Å²) in [4.78, 5) is 27.4. The molecule has 1 N–H and O–H groups in total. The maximum absolute atomic E-state index is 14.4. The molecule has 7 nitrogen and oxygen atoms in total. The Morgan fingerprint density at radius 2 is 1.71 bits per heavy atom. The first-order valence-corrected chi connectivity index (χ1v) is 13.3. The highest BCUT2D eigenvalue weighted by molar-refractivity contribution is 7.92. The van der Waals surface area contributed by atoms with Crippen molar-refractivity contribution < 1.29 is 22.4 Å². The summed E-state index contributed by atoms with van der Waals surface area (Å²) in [5.41, 5.74) is 1.61. The summed E-state index contributed by atoms with van der Waals surface area (Å²) in [6, 6.07) is 12.0. The molecule has 0 radical (unpaired) electrons. The summed E-state index contributed by atoms with van der Waals surface area (Å²) in [5, 5.41) is 2.79. The number of carbonyl (C=O) groups excluding carboxylic acids is 2. The molecule has 2 amide bonds. The standard InChI is InChI=1S/C25H34FN3O4S/c1-5-7-16-27-25(31)19(3)28(17-21-10-8-9-11-23(21)26)24(30)18-29(34(4,32)33)22-14-12-20(6-2)13-15-22/h8-15,19H,5-7,16-18H2,1-4H3,(H,27,31)/t19-/m1/s1. The van der Waals surface area contributed by atoms with Crippen molar-refractivity contribution >= 4 is 27.5 Å². The molecule has 0 saturated heterocycles. The van der Waals surface area contributed by atoms with Gasteiger partial charge in [0.25, 0.3) is 0 Å². The summed E-state index contributed by atoms with van der Waals surface area (Å²) >= 11 is 0. The third-order valence-corrected chi connectivity index (χ3v) is 6.75. The number of benzene rings is 2. The lowest BCUT2D eigenvalue weighted by Crippen LogP contribution is -2.51. The lowest BCUT2D eigenvalue weighted by Gasteiger charge is -2.31. The molecule has 0 aromatic heterocycles. The maximum Gasteiger partial charge on any atom is 0.244 e. The number of amides is 2. The van der Waals surface area contributed by atoms with Crippen LogP contribution in [0, 0.1) is 5.82 Å². The van der Waals surface area contributed by atoms with Gasteiger partial charge in [-0.25, -0.2) is 12.8 Å². The molecule has 2 aromatic carbocycles. The second-order valence-corrected chi connectivity index (χ2v) is 10.1. The van der Waals surface area contributed by atoms with E-state index in [4.69, 9.17) is 0 Å². The van der Waals surface area contributed by atoms with Crippen LogP contribution in [0.5, 0.6) is 0 Å². The number of sulfonamides is 1. The van der Waals surface area contributed by atoms with Crippen LogP contribution < -0.4 is 9.62 Å². The van der Waals surface area contributed by atoms with E-state index in [1.54, 1.807) is 37.3 Å². The van der Waals surface area contributed by atoms with Crippen molar-refractivity contribution in [2.24, 2.45) is 0 Å². The van der Waals surface area contributed by atoms with E-state index in [1.807, 2.05) is 13.8 Å². The normalized spacial score (nSPS) is 12.1. The van der Waals surface area contributed by atoms with E-state index in [0.29, 0.717) is 12.2 Å². The molecule has 1 atom stereocenters. The van der Waals surface area contributed by atoms with Gasteiger partial charge in [0.15, 0.2) is 0 Å². The van der Waals surface area contributed by atoms with E-state index < -0.39 is 34.3 Å². The number of unbranched alkanes of at least 4 members (excludes halogenated alkanes) is 1. The molecule has 0 aliphatic rings. The molecule has 34 heavy (non-hydrogen) atoms. The Labute approximate surface area is 202 Å². The Hall–Kier alpha value is -2.94. The molecular formula is C25H34FN3O4S. The molecule has 0 heterocycles. The summed E-state index contributed by atoms with van der Waals surface area (Å²) in [6.07, 6.45) is 3.50. The minimum Gasteiger partial charge on any atom is -0.354 e. The van der Waals surface area contributed by atoms with E-state index in [2.05, 4.69) is 5.32 Å². The third-order valence-electron chi connectivity index (χ3n) is 5.61. The Balaban J connectivity index is 2.35. The van der Waals surface area contributed by atoms with Crippen LogP contribution in [-0.4, -0.2) is 50.5 Å². The molecule has 0 unspecified atom stereocenters. The highest BCUT2D eigenvalue weighted by Gasteiger charge is 2.30.